The van der Waals surface area contributed by atoms with Gasteiger partial charge in [0.05, 0.1) is 18.6 Å². The van der Waals surface area contributed by atoms with Crippen molar-refractivity contribution in [1.82, 2.24) is 5.32 Å². The fraction of sp³-hybridized carbons (Fsp3) is 0.818. The summed E-state index contributed by atoms with van der Waals surface area (Å²) in [5, 5.41) is 2.40. The molecule has 5 nitrogen and oxygen atoms in total. The van der Waals surface area contributed by atoms with E-state index in [2.05, 4.69) is 5.32 Å². The molecule has 0 unspecified atom stereocenters. The largest absolute Gasteiger partial charge is 0.348 e. The Labute approximate surface area is 93.5 Å². The molecule has 2 amide bonds. The van der Waals surface area contributed by atoms with E-state index in [9.17, 15) is 9.59 Å². The molecule has 3 aliphatic rings. The van der Waals surface area contributed by atoms with Crippen LogP contribution in [0.5, 0.6) is 0 Å². The van der Waals surface area contributed by atoms with Crippen molar-refractivity contribution < 1.29 is 19.1 Å². The maximum absolute atomic E-state index is 11.8. The predicted octanol–water partition coefficient (Wildman–Crippen LogP) is 0.336. The molecule has 0 aromatic heterocycles. The maximum Gasteiger partial charge on any atom is 0.233 e. The van der Waals surface area contributed by atoms with Gasteiger partial charge in [-0.3, -0.25) is 14.9 Å². The van der Waals surface area contributed by atoms with Gasteiger partial charge in [-0.25, -0.2) is 0 Å². The van der Waals surface area contributed by atoms with Crippen LogP contribution in [0.1, 0.15) is 32.1 Å². The number of imide groups is 1. The summed E-state index contributed by atoms with van der Waals surface area (Å²) < 4.78 is 11.2. The van der Waals surface area contributed by atoms with Crippen molar-refractivity contribution in [2.24, 2.45) is 5.41 Å². The van der Waals surface area contributed by atoms with Crippen LogP contribution in [0.15, 0.2) is 0 Å². The molecule has 0 aromatic carbocycles. The van der Waals surface area contributed by atoms with Crippen LogP contribution in [0.2, 0.25) is 0 Å². The van der Waals surface area contributed by atoms with Gasteiger partial charge in [0, 0.05) is 19.3 Å². The first kappa shape index (κ1) is 10.2. The maximum atomic E-state index is 11.8. The number of carbonyl (C=O) groups is 2. The van der Waals surface area contributed by atoms with E-state index in [4.69, 9.17) is 9.47 Å². The molecule has 88 valence electrons. The topological polar surface area (TPSA) is 64.6 Å². The highest BCUT2D eigenvalue weighted by atomic mass is 16.7. The Bertz CT molecular complexity index is 336. The fourth-order valence-electron chi connectivity index (χ4n) is 2.99. The molecular weight excluding hydrogens is 210 g/mol. The molecule has 16 heavy (non-hydrogen) atoms. The lowest BCUT2D eigenvalue weighted by Crippen LogP contribution is -2.43. The van der Waals surface area contributed by atoms with Crippen LogP contribution < -0.4 is 5.32 Å². The van der Waals surface area contributed by atoms with Crippen LogP contribution >= 0.6 is 0 Å². The first-order valence-corrected chi connectivity index (χ1v) is 5.77. The summed E-state index contributed by atoms with van der Waals surface area (Å²) in [6, 6.07) is 0. The van der Waals surface area contributed by atoms with Crippen molar-refractivity contribution in [3.8, 4) is 0 Å². The number of hydrogen-bond donors (Lipinski definition) is 1. The van der Waals surface area contributed by atoms with Gasteiger partial charge in [0.2, 0.25) is 11.8 Å². The van der Waals surface area contributed by atoms with E-state index in [0.717, 1.165) is 0 Å². The second-order valence-corrected chi connectivity index (χ2v) is 4.94. The van der Waals surface area contributed by atoms with E-state index >= 15 is 0 Å². The Kier molecular flexibility index (Phi) is 2.09. The first-order chi connectivity index (χ1) is 7.64. The van der Waals surface area contributed by atoms with Crippen molar-refractivity contribution in [1.29, 1.82) is 0 Å². The van der Waals surface area contributed by atoms with Crippen LogP contribution in [0, 0.1) is 5.41 Å². The van der Waals surface area contributed by atoms with E-state index < -0.39 is 11.2 Å². The molecule has 1 saturated carbocycles. The molecule has 2 spiro atoms. The number of nitrogens with one attached hydrogen (secondary N) is 1. The zero-order valence-corrected chi connectivity index (χ0v) is 9.08. The van der Waals surface area contributed by atoms with E-state index in [0.29, 0.717) is 45.3 Å². The second-order valence-electron chi connectivity index (χ2n) is 4.94. The van der Waals surface area contributed by atoms with Gasteiger partial charge in [-0.1, -0.05) is 0 Å². The Morgan fingerprint density at radius 1 is 1.00 bits per heavy atom. The molecule has 2 heterocycles. The van der Waals surface area contributed by atoms with Crippen LogP contribution in [-0.2, 0) is 19.1 Å². The van der Waals surface area contributed by atoms with Gasteiger partial charge in [0.15, 0.2) is 5.79 Å². The van der Waals surface area contributed by atoms with Crippen molar-refractivity contribution >= 4 is 11.8 Å². The molecule has 3 rings (SSSR count). The van der Waals surface area contributed by atoms with Gasteiger partial charge >= 0.3 is 0 Å². The van der Waals surface area contributed by atoms with Crippen molar-refractivity contribution in [3.05, 3.63) is 0 Å². The highest BCUT2D eigenvalue weighted by Gasteiger charge is 2.53. The minimum Gasteiger partial charge on any atom is -0.348 e. The molecule has 0 radical (unpaired) electrons. The summed E-state index contributed by atoms with van der Waals surface area (Å²) in [6.45, 7) is 1.27. The lowest BCUT2D eigenvalue weighted by molar-refractivity contribution is -0.191. The third-order valence-corrected chi connectivity index (χ3v) is 4.02. The minimum atomic E-state index is -0.475. The summed E-state index contributed by atoms with van der Waals surface area (Å²) in [7, 11) is 0. The quantitative estimate of drug-likeness (QED) is 0.604. The normalized spacial score (nSPS) is 31.2. The van der Waals surface area contributed by atoms with Crippen LogP contribution in [0.25, 0.3) is 0 Å². The molecule has 3 fully saturated rings. The number of rotatable bonds is 0. The third-order valence-electron chi connectivity index (χ3n) is 4.02. The summed E-state index contributed by atoms with van der Waals surface area (Å²) in [5.74, 6) is -0.712. The van der Waals surface area contributed by atoms with Crippen molar-refractivity contribution in [3.63, 3.8) is 0 Å². The number of amides is 2. The predicted molar refractivity (Wildman–Crippen MR) is 53.3 cm³/mol. The first-order valence-electron chi connectivity index (χ1n) is 5.77. The molecular formula is C11H15NO4. The molecule has 2 aliphatic heterocycles. The number of hydrogen-bond acceptors (Lipinski definition) is 4. The SMILES string of the molecule is O=C1CC2(CCC3(CC2)OCCO3)C(=O)N1. The summed E-state index contributed by atoms with van der Waals surface area (Å²) in [5.41, 5.74) is -0.475. The standard InChI is InChI=1S/C11H15NO4/c13-8-7-10(9(14)12-8)1-3-11(4-2-10)15-5-6-16-11/h1-7H2,(H,12,13,14). The van der Waals surface area contributed by atoms with Gasteiger partial charge < -0.3 is 9.47 Å². The summed E-state index contributed by atoms with van der Waals surface area (Å²) in [4.78, 5) is 23.0. The molecule has 5 heteroatoms. The monoisotopic (exact) mass is 225 g/mol. The molecule has 0 atom stereocenters. The van der Waals surface area contributed by atoms with Gasteiger partial charge in [-0.15, -0.1) is 0 Å². The zero-order chi connectivity index (χ0) is 11.2. The average Bonchev–Trinajstić information content (AvgIpc) is 2.80. The fourth-order valence-corrected chi connectivity index (χ4v) is 2.99. The Morgan fingerprint density at radius 3 is 2.12 bits per heavy atom. The second kappa shape index (κ2) is 3.28. The van der Waals surface area contributed by atoms with E-state index in [-0.39, 0.29) is 11.8 Å². The number of carbonyl (C=O) groups excluding carboxylic acids is 2. The highest BCUT2D eigenvalue weighted by molar-refractivity contribution is 6.05. The van der Waals surface area contributed by atoms with E-state index in [1.54, 1.807) is 0 Å². The summed E-state index contributed by atoms with van der Waals surface area (Å²) >= 11 is 0. The Hall–Kier alpha value is -0.940. The zero-order valence-electron chi connectivity index (χ0n) is 9.08. The van der Waals surface area contributed by atoms with Gasteiger partial charge in [0.1, 0.15) is 0 Å². The lowest BCUT2D eigenvalue weighted by atomic mass is 9.71. The Morgan fingerprint density at radius 2 is 1.62 bits per heavy atom. The Balaban J connectivity index is 1.74. The highest BCUT2D eigenvalue weighted by Crippen LogP contribution is 2.48. The third kappa shape index (κ3) is 1.38. The molecule has 0 aromatic rings. The van der Waals surface area contributed by atoms with E-state index in [1.165, 1.54) is 0 Å². The van der Waals surface area contributed by atoms with Crippen molar-refractivity contribution in [2.45, 2.75) is 37.9 Å². The van der Waals surface area contributed by atoms with Crippen molar-refractivity contribution in [2.75, 3.05) is 13.2 Å². The van der Waals surface area contributed by atoms with Crippen LogP contribution in [0.4, 0.5) is 0 Å². The lowest BCUT2D eigenvalue weighted by Gasteiger charge is -2.39. The van der Waals surface area contributed by atoms with Crippen LogP contribution in [0.3, 0.4) is 0 Å². The van der Waals surface area contributed by atoms with Gasteiger partial charge in [-0.05, 0) is 12.8 Å². The molecule has 1 N–H and O–H groups in total. The van der Waals surface area contributed by atoms with E-state index in [1.807, 2.05) is 0 Å². The van der Waals surface area contributed by atoms with Crippen LogP contribution in [-0.4, -0.2) is 30.8 Å². The smallest absolute Gasteiger partial charge is 0.233 e. The summed E-state index contributed by atoms with van der Waals surface area (Å²) in [6.07, 6.45) is 3.14. The van der Waals surface area contributed by atoms with Gasteiger partial charge in [0.25, 0.3) is 0 Å². The number of ether oxygens (including phenoxy) is 2. The average molecular weight is 225 g/mol. The van der Waals surface area contributed by atoms with Gasteiger partial charge in [-0.2, -0.15) is 0 Å². The molecule has 1 aliphatic carbocycles. The minimum absolute atomic E-state index is 0.106. The molecule has 2 saturated heterocycles. The molecule has 0 bridgehead atoms.